The molecule has 1 amide bonds. The number of amides is 1. The van der Waals surface area contributed by atoms with Crippen LogP contribution in [0.1, 0.15) is 36.3 Å². The van der Waals surface area contributed by atoms with Gasteiger partial charge >= 0.3 is 6.18 Å². The van der Waals surface area contributed by atoms with E-state index in [0.29, 0.717) is 6.42 Å². The van der Waals surface area contributed by atoms with Gasteiger partial charge in [-0.2, -0.15) is 13.2 Å². The number of rotatable bonds is 2. The highest BCUT2D eigenvalue weighted by atomic mass is 19.4. The second-order valence-corrected chi connectivity index (χ2v) is 6.70. The Balaban J connectivity index is 1.69. The van der Waals surface area contributed by atoms with Crippen LogP contribution in [0.25, 0.3) is 0 Å². The molecule has 2 aliphatic rings. The summed E-state index contributed by atoms with van der Waals surface area (Å²) in [6, 6.07) is 7.77. The van der Waals surface area contributed by atoms with Crippen LogP contribution in [-0.2, 0) is 4.79 Å². The van der Waals surface area contributed by atoms with Gasteiger partial charge in [0.15, 0.2) is 5.60 Å². The third kappa shape index (κ3) is 2.96. The van der Waals surface area contributed by atoms with Gasteiger partial charge in [0, 0.05) is 12.5 Å². The Hall–Kier alpha value is -1.56. The van der Waals surface area contributed by atoms with Gasteiger partial charge in [-0.15, -0.1) is 0 Å². The quantitative estimate of drug-likeness (QED) is 0.907. The van der Waals surface area contributed by atoms with Crippen molar-refractivity contribution in [2.24, 2.45) is 5.92 Å². The minimum Gasteiger partial charge on any atom is -0.379 e. The maximum atomic E-state index is 13.0. The molecule has 1 saturated heterocycles. The minimum atomic E-state index is -4.70. The standard InChI is InChI=1S/C17H20F3NO2/c1-11-5-2-3-6-12(11)13-9-14(13)15(22)21-8-4-7-16(23,10-21)17(18,19)20/h2-3,5-6,13-14,23H,4,7-10H2,1H3/t13-,14+,16+/m0/s1. The van der Waals surface area contributed by atoms with E-state index in [1.54, 1.807) is 0 Å². The lowest BCUT2D eigenvalue weighted by atomic mass is 9.91. The summed E-state index contributed by atoms with van der Waals surface area (Å²) in [4.78, 5) is 13.7. The highest BCUT2D eigenvalue weighted by molar-refractivity contribution is 5.83. The zero-order valence-electron chi connectivity index (χ0n) is 12.9. The first-order chi connectivity index (χ1) is 10.7. The maximum absolute atomic E-state index is 13.0. The number of benzene rings is 1. The zero-order valence-corrected chi connectivity index (χ0v) is 12.9. The highest BCUT2D eigenvalue weighted by Crippen LogP contribution is 2.50. The first-order valence-electron chi connectivity index (χ1n) is 7.86. The lowest BCUT2D eigenvalue weighted by Crippen LogP contribution is -2.58. The Morgan fingerprint density at radius 3 is 2.70 bits per heavy atom. The maximum Gasteiger partial charge on any atom is 0.418 e. The number of piperidine rings is 1. The van der Waals surface area contributed by atoms with Crippen molar-refractivity contribution < 1.29 is 23.1 Å². The number of hydrogen-bond acceptors (Lipinski definition) is 2. The predicted octanol–water partition coefficient (Wildman–Crippen LogP) is 3.01. The van der Waals surface area contributed by atoms with Crippen molar-refractivity contribution >= 4 is 5.91 Å². The molecule has 3 atom stereocenters. The number of aliphatic hydroxyl groups is 1. The van der Waals surface area contributed by atoms with E-state index in [1.165, 1.54) is 4.90 Å². The molecule has 3 nitrogen and oxygen atoms in total. The monoisotopic (exact) mass is 327 g/mol. The summed E-state index contributed by atoms with van der Waals surface area (Å²) in [5.41, 5.74) is -0.583. The van der Waals surface area contributed by atoms with Gasteiger partial charge in [-0.25, -0.2) is 0 Å². The second-order valence-electron chi connectivity index (χ2n) is 6.70. The summed E-state index contributed by atoms with van der Waals surface area (Å²) >= 11 is 0. The number of halogens is 3. The molecule has 1 aromatic rings. The Morgan fingerprint density at radius 2 is 2.04 bits per heavy atom. The molecule has 2 fully saturated rings. The van der Waals surface area contributed by atoms with Gasteiger partial charge < -0.3 is 10.0 Å². The van der Waals surface area contributed by atoms with Gasteiger partial charge in [0.25, 0.3) is 0 Å². The molecule has 0 radical (unpaired) electrons. The first kappa shape index (κ1) is 16.3. The van der Waals surface area contributed by atoms with Gasteiger partial charge in [0.05, 0.1) is 6.54 Å². The predicted molar refractivity (Wildman–Crippen MR) is 78.8 cm³/mol. The lowest BCUT2D eigenvalue weighted by Gasteiger charge is -2.40. The van der Waals surface area contributed by atoms with Crippen LogP contribution in [0.2, 0.25) is 0 Å². The van der Waals surface area contributed by atoms with E-state index in [-0.39, 0.29) is 37.1 Å². The molecule has 1 heterocycles. The van der Waals surface area contributed by atoms with Crippen molar-refractivity contribution in [2.75, 3.05) is 13.1 Å². The summed E-state index contributed by atoms with van der Waals surface area (Å²) in [5, 5.41) is 9.84. The zero-order chi connectivity index (χ0) is 16.8. The molecule has 126 valence electrons. The Bertz CT molecular complexity index is 616. The molecular formula is C17H20F3NO2. The van der Waals surface area contributed by atoms with Gasteiger partial charge in [0.1, 0.15) is 0 Å². The molecule has 1 N–H and O–H groups in total. The highest BCUT2D eigenvalue weighted by Gasteiger charge is 2.57. The van der Waals surface area contributed by atoms with Crippen molar-refractivity contribution in [3.05, 3.63) is 35.4 Å². The number of β-amino-alcohol motifs (C(OH)–C–C–N with tert-alkyl or cyclic N) is 1. The molecule has 23 heavy (non-hydrogen) atoms. The summed E-state index contributed by atoms with van der Waals surface area (Å²) in [6.45, 7) is 1.61. The number of carbonyl (C=O) groups is 1. The molecule has 0 spiro atoms. The van der Waals surface area contributed by atoms with E-state index in [9.17, 15) is 23.1 Å². The van der Waals surface area contributed by atoms with E-state index >= 15 is 0 Å². The largest absolute Gasteiger partial charge is 0.418 e. The molecule has 6 heteroatoms. The van der Waals surface area contributed by atoms with Crippen LogP contribution < -0.4 is 0 Å². The number of likely N-dealkylation sites (tertiary alicyclic amines) is 1. The molecule has 1 saturated carbocycles. The van der Waals surface area contributed by atoms with Crippen molar-refractivity contribution in [3.63, 3.8) is 0 Å². The Morgan fingerprint density at radius 1 is 1.35 bits per heavy atom. The van der Waals surface area contributed by atoms with Crippen LogP contribution in [0.4, 0.5) is 13.2 Å². The molecular weight excluding hydrogens is 307 g/mol. The van der Waals surface area contributed by atoms with Crippen LogP contribution in [0.5, 0.6) is 0 Å². The van der Waals surface area contributed by atoms with Crippen LogP contribution in [-0.4, -0.2) is 40.8 Å². The van der Waals surface area contributed by atoms with Crippen LogP contribution in [0, 0.1) is 12.8 Å². The summed E-state index contributed by atoms with van der Waals surface area (Å²) in [7, 11) is 0. The molecule has 0 bridgehead atoms. The van der Waals surface area contributed by atoms with Crippen molar-refractivity contribution in [1.82, 2.24) is 4.90 Å². The third-order valence-corrected chi connectivity index (χ3v) is 5.01. The number of alkyl halides is 3. The average molecular weight is 327 g/mol. The van der Waals surface area contributed by atoms with E-state index in [1.807, 2.05) is 31.2 Å². The van der Waals surface area contributed by atoms with E-state index < -0.39 is 18.3 Å². The number of aryl methyl sites for hydroxylation is 1. The fraction of sp³-hybridized carbons (Fsp3) is 0.588. The Kier molecular flexibility index (Phi) is 3.91. The first-order valence-corrected chi connectivity index (χ1v) is 7.86. The summed E-state index contributed by atoms with van der Waals surface area (Å²) in [6.07, 6.45) is -4.20. The number of carbonyl (C=O) groups excluding carboxylic acids is 1. The summed E-state index contributed by atoms with van der Waals surface area (Å²) < 4.78 is 39.0. The van der Waals surface area contributed by atoms with Crippen molar-refractivity contribution in [2.45, 2.75) is 43.9 Å². The molecule has 3 rings (SSSR count). The SMILES string of the molecule is Cc1ccccc1[C@@H]1C[C@H]1C(=O)N1CCC[C@](O)(C(F)(F)F)C1. The van der Waals surface area contributed by atoms with Gasteiger partial charge in [-0.3, -0.25) is 4.79 Å². The third-order valence-electron chi connectivity index (χ3n) is 5.01. The van der Waals surface area contributed by atoms with E-state index in [4.69, 9.17) is 0 Å². The van der Waals surface area contributed by atoms with Crippen LogP contribution >= 0.6 is 0 Å². The second kappa shape index (κ2) is 5.51. The number of hydrogen-bond donors (Lipinski definition) is 1. The molecule has 1 aromatic carbocycles. The number of nitrogens with zero attached hydrogens (tertiary/aromatic N) is 1. The molecule has 1 aliphatic carbocycles. The smallest absolute Gasteiger partial charge is 0.379 e. The normalized spacial score (nSPS) is 31.1. The van der Waals surface area contributed by atoms with Crippen molar-refractivity contribution in [3.8, 4) is 0 Å². The van der Waals surface area contributed by atoms with E-state index in [0.717, 1.165) is 11.1 Å². The molecule has 0 unspecified atom stereocenters. The van der Waals surface area contributed by atoms with Gasteiger partial charge in [0.2, 0.25) is 5.91 Å². The average Bonchev–Trinajstić information content (AvgIpc) is 3.26. The fourth-order valence-electron chi connectivity index (χ4n) is 3.50. The molecule has 0 aromatic heterocycles. The lowest BCUT2D eigenvalue weighted by molar-refractivity contribution is -0.272. The van der Waals surface area contributed by atoms with Gasteiger partial charge in [-0.05, 0) is 43.2 Å². The molecule has 1 aliphatic heterocycles. The van der Waals surface area contributed by atoms with E-state index in [2.05, 4.69) is 0 Å². The summed E-state index contributed by atoms with van der Waals surface area (Å²) in [5.74, 6) is -0.433. The Labute approximate surface area is 133 Å². The van der Waals surface area contributed by atoms with Crippen LogP contribution in [0.3, 0.4) is 0 Å². The van der Waals surface area contributed by atoms with Crippen molar-refractivity contribution in [1.29, 1.82) is 0 Å². The minimum absolute atomic E-state index is 0.0876. The fourth-order valence-corrected chi connectivity index (χ4v) is 3.50. The topological polar surface area (TPSA) is 40.5 Å². The van der Waals surface area contributed by atoms with Gasteiger partial charge in [-0.1, -0.05) is 24.3 Å². The van der Waals surface area contributed by atoms with Crippen LogP contribution in [0.15, 0.2) is 24.3 Å².